The minimum atomic E-state index is -0.167. The summed E-state index contributed by atoms with van der Waals surface area (Å²) in [4.78, 5) is 11.5. The first-order chi connectivity index (χ1) is 4.38. The number of carbonyl (C=O) groups is 1. The van der Waals surface area contributed by atoms with Gasteiger partial charge in [0.25, 0.3) is 0 Å². The van der Waals surface area contributed by atoms with E-state index < -0.39 is 0 Å². The molecule has 1 aromatic heterocycles. The number of fused-ring (bicyclic) bond motifs is 1. The van der Waals surface area contributed by atoms with Crippen LogP contribution in [-0.4, -0.2) is 5.97 Å². The van der Waals surface area contributed by atoms with Gasteiger partial charge in [-0.1, -0.05) is 0 Å². The first kappa shape index (κ1) is 4.99. The van der Waals surface area contributed by atoms with Crippen LogP contribution >= 0.6 is 11.3 Å². The summed E-state index contributed by atoms with van der Waals surface area (Å²) in [6, 6.07) is 1.92. The normalized spacial score (nSPS) is 15.3. The summed E-state index contributed by atoms with van der Waals surface area (Å²) in [5, 5.41) is 1.91. The summed E-state index contributed by atoms with van der Waals surface area (Å²) in [7, 11) is 0. The van der Waals surface area contributed by atoms with E-state index >= 15 is 0 Å². The van der Waals surface area contributed by atoms with E-state index in [1.807, 2.05) is 11.4 Å². The fourth-order valence-electron chi connectivity index (χ4n) is 0.837. The molecule has 2 nitrogen and oxygen atoms in total. The SMILES string of the molecule is O=C1OCc2ccsc21. The Bertz CT molecular complexity index is 251. The highest BCUT2D eigenvalue weighted by atomic mass is 32.1. The molecule has 0 saturated heterocycles. The van der Waals surface area contributed by atoms with Gasteiger partial charge in [0.2, 0.25) is 0 Å². The summed E-state index contributed by atoms with van der Waals surface area (Å²) in [5.41, 5.74) is 1.03. The van der Waals surface area contributed by atoms with Gasteiger partial charge in [-0.15, -0.1) is 11.3 Å². The highest BCUT2D eigenvalue weighted by molar-refractivity contribution is 7.12. The fraction of sp³-hybridized carbons (Fsp3) is 0.167. The van der Waals surface area contributed by atoms with Crippen LogP contribution in [-0.2, 0) is 11.3 Å². The molecule has 0 atom stereocenters. The zero-order valence-corrected chi connectivity index (χ0v) is 5.40. The van der Waals surface area contributed by atoms with E-state index in [0.717, 1.165) is 10.4 Å². The molecule has 46 valence electrons. The molecule has 1 aliphatic rings. The predicted molar refractivity (Wildman–Crippen MR) is 33.4 cm³/mol. The van der Waals surface area contributed by atoms with E-state index in [4.69, 9.17) is 4.74 Å². The molecule has 0 radical (unpaired) electrons. The number of hydrogen-bond acceptors (Lipinski definition) is 3. The van der Waals surface area contributed by atoms with Crippen molar-refractivity contribution in [1.82, 2.24) is 0 Å². The fourth-order valence-corrected chi connectivity index (χ4v) is 1.64. The summed E-state index contributed by atoms with van der Waals surface area (Å²) in [5.74, 6) is -0.167. The van der Waals surface area contributed by atoms with Crippen LogP contribution in [0.2, 0.25) is 0 Å². The van der Waals surface area contributed by atoms with E-state index in [2.05, 4.69) is 0 Å². The van der Waals surface area contributed by atoms with Crippen LogP contribution in [0.5, 0.6) is 0 Å². The Balaban J connectivity index is 2.61. The van der Waals surface area contributed by atoms with Gasteiger partial charge in [0.15, 0.2) is 0 Å². The molecule has 2 heterocycles. The lowest BCUT2D eigenvalue weighted by atomic mass is 10.3. The number of hydrogen-bond donors (Lipinski definition) is 0. The summed E-state index contributed by atoms with van der Waals surface area (Å²) in [6.45, 7) is 0.470. The Labute approximate surface area is 56.1 Å². The molecule has 0 aliphatic carbocycles. The highest BCUT2D eigenvalue weighted by Crippen LogP contribution is 2.24. The van der Waals surface area contributed by atoms with Crippen molar-refractivity contribution >= 4 is 17.3 Å². The van der Waals surface area contributed by atoms with Crippen LogP contribution in [0.15, 0.2) is 11.4 Å². The van der Waals surface area contributed by atoms with Crippen molar-refractivity contribution in [1.29, 1.82) is 0 Å². The number of ether oxygens (including phenoxy) is 1. The molecule has 9 heavy (non-hydrogen) atoms. The second-order valence-electron chi connectivity index (χ2n) is 1.85. The largest absolute Gasteiger partial charge is 0.457 e. The number of esters is 1. The minimum absolute atomic E-state index is 0.167. The molecule has 2 rings (SSSR count). The Morgan fingerprint density at radius 2 is 2.56 bits per heavy atom. The van der Waals surface area contributed by atoms with E-state index in [9.17, 15) is 4.79 Å². The molecule has 0 bridgehead atoms. The first-order valence-electron chi connectivity index (χ1n) is 2.61. The maximum absolute atomic E-state index is 10.7. The standard InChI is InChI=1S/C6H4O2S/c7-6-5-4(3-8-6)1-2-9-5/h1-2H,3H2. The Hall–Kier alpha value is -0.830. The third-order valence-corrected chi connectivity index (χ3v) is 2.23. The molecular weight excluding hydrogens is 136 g/mol. The average molecular weight is 140 g/mol. The Kier molecular flexibility index (Phi) is 0.873. The van der Waals surface area contributed by atoms with Crippen molar-refractivity contribution in [3.05, 3.63) is 21.9 Å². The van der Waals surface area contributed by atoms with Crippen molar-refractivity contribution in [3.8, 4) is 0 Å². The zero-order valence-electron chi connectivity index (χ0n) is 4.59. The van der Waals surface area contributed by atoms with Gasteiger partial charge in [0.05, 0.1) is 0 Å². The second-order valence-corrected chi connectivity index (χ2v) is 2.77. The molecule has 0 aromatic carbocycles. The topological polar surface area (TPSA) is 26.3 Å². The molecule has 3 heteroatoms. The lowest BCUT2D eigenvalue weighted by Crippen LogP contribution is -1.89. The number of carbonyl (C=O) groups excluding carboxylic acids is 1. The molecule has 0 amide bonds. The van der Waals surface area contributed by atoms with E-state index in [-0.39, 0.29) is 5.97 Å². The summed E-state index contributed by atoms with van der Waals surface area (Å²) < 4.78 is 4.73. The third-order valence-electron chi connectivity index (χ3n) is 1.29. The van der Waals surface area contributed by atoms with Gasteiger partial charge >= 0.3 is 5.97 Å². The van der Waals surface area contributed by atoms with Crippen LogP contribution in [0.3, 0.4) is 0 Å². The molecule has 1 aliphatic heterocycles. The van der Waals surface area contributed by atoms with E-state index in [1.54, 1.807) is 0 Å². The smallest absolute Gasteiger partial charge is 0.349 e. The number of cyclic esters (lactones) is 1. The summed E-state index contributed by atoms with van der Waals surface area (Å²) in [6.07, 6.45) is 0. The molecular formula is C6H4O2S. The van der Waals surface area contributed by atoms with Gasteiger partial charge in [0, 0.05) is 5.56 Å². The van der Waals surface area contributed by atoms with Crippen molar-refractivity contribution < 1.29 is 9.53 Å². The molecule has 0 spiro atoms. The van der Waals surface area contributed by atoms with Gasteiger partial charge in [-0.2, -0.15) is 0 Å². The van der Waals surface area contributed by atoms with Crippen molar-refractivity contribution in [2.75, 3.05) is 0 Å². The predicted octanol–water partition coefficient (Wildman–Crippen LogP) is 1.42. The lowest BCUT2D eigenvalue weighted by Gasteiger charge is -1.84. The number of thiophene rings is 1. The maximum atomic E-state index is 10.7. The van der Waals surface area contributed by atoms with Crippen molar-refractivity contribution in [2.24, 2.45) is 0 Å². The van der Waals surface area contributed by atoms with Gasteiger partial charge in [-0.05, 0) is 11.4 Å². The molecule has 1 aromatic rings. The second kappa shape index (κ2) is 1.57. The van der Waals surface area contributed by atoms with Crippen LogP contribution in [0.1, 0.15) is 15.2 Å². The van der Waals surface area contributed by atoms with Crippen LogP contribution in [0.4, 0.5) is 0 Å². The Morgan fingerprint density at radius 3 is 3.33 bits per heavy atom. The molecule has 0 fully saturated rings. The Morgan fingerprint density at radius 1 is 1.67 bits per heavy atom. The highest BCUT2D eigenvalue weighted by Gasteiger charge is 2.21. The number of rotatable bonds is 0. The van der Waals surface area contributed by atoms with Crippen LogP contribution in [0, 0.1) is 0 Å². The zero-order chi connectivity index (χ0) is 6.27. The minimum Gasteiger partial charge on any atom is -0.457 e. The monoisotopic (exact) mass is 140 g/mol. The van der Waals surface area contributed by atoms with Gasteiger partial charge in [-0.3, -0.25) is 0 Å². The quantitative estimate of drug-likeness (QED) is 0.509. The first-order valence-corrected chi connectivity index (χ1v) is 3.49. The van der Waals surface area contributed by atoms with E-state index in [0.29, 0.717) is 6.61 Å². The van der Waals surface area contributed by atoms with Crippen molar-refractivity contribution in [3.63, 3.8) is 0 Å². The summed E-state index contributed by atoms with van der Waals surface area (Å²) >= 11 is 1.45. The van der Waals surface area contributed by atoms with E-state index in [1.165, 1.54) is 11.3 Å². The van der Waals surface area contributed by atoms with Crippen LogP contribution in [0.25, 0.3) is 0 Å². The van der Waals surface area contributed by atoms with Crippen LogP contribution < -0.4 is 0 Å². The average Bonchev–Trinajstić information content (AvgIpc) is 2.35. The molecule has 0 unspecified atom stereocenters. The van der Waals surface area contributed by atoms with Gasteiger partial charge in [0.1, 0.15) is 11.5 Å². The van der Waals surface area contributed by atoms with Crippen molar-refractivity contribution in [2.45, 2.75) is 6.61 Å². The van der Waals surface area contributed by atoms with Gasteiger partial charge in [-0.25, -0.2) is 4.79 Å². The maximum Gasteiger partial charge on any atom is 0.349 e. The molecule has 0 N–H and O–H groups in total. The molecule has 0 saturated carbocycles. The third kappa shape index (κ3) is 0.580. The lowest BCUT2D eigenvalue weighted by molar-refractivity contribution is 0.0538. The van der Waals surface area contributed by atoms with Gasteiger partial charge < -0.3 is 4.74 Å².